The summed E-state index contributed by atoms with van der Waals surface area (Å²) in [5, 5.41) is 20.6. The van der Waals surface area contributed by atoms with Gasteiger partial charge in [0.05, 0.1) is 24.3 Å². The van der Waals surface area contributed by atoms with E-state index in [1.807, 2.05) is 40.7 Å². The molecule has 2 aliphatic heterocycles. The molecular formula is C25H24N2O4S. The van der Waals surface area contributed by atoms with Crippen LogP contribution in [0.5, 0.6) is 5.75 Å². The highest BCUT2D eigenvalue weighted by Crippen LogP contribution is 2.37. The van der Waals surface area contributed by atoms with Crippen LogP contribution < -0.4 is 4.74 Å². The van der Waals surface area contributed by atoms with Crippen LogP contribution in [0.1, 0.15) is 35.4 Å². The molecule has 3 atom stereocenters. The van der Waals surface area contributed by atoms with Crippen LogP contribution in [0.2, 0.25) is 0 Å². The number of benzene rings is 2. The number of fused-ring (bicyclic) bond motifs is 1. The predicted octanol–water partition coefficient (Wildman–Crippen LogP) is 4.33. The molecule has 32 heavy (non-hydrogen) atoms. The number of nitriles is 1. The van der Waals surface area contributed by atoms with Crippen molar-refractivity contribution in [3.8, 4) is 11.8 Å². The largest absolute Gasteiger partial charge is 0.489 e. The molecule has 6 nitrogen and oxygen atoms in total. The summed E-state index contributed by atoms with van der Waals surface area (Å²) in [6.45, 7) is 1.76. The second-order valence-corrected chi connectivity index (χ2v) is 9.18. The van der Waals surface area contributed by atoms with Gasteiger partial charge in [-0.3, -0.25) is 9.59 Å². The van der Waals surface area contributed by atoms with Crippen LogP contribution >= 0.6 is 11.8 Å². The van der Waals surface area contributed by atoms with E-state index in [2.05, 4.69) is 6.07 Å². The van der Waals surface area contributed by atoms with Crippen LogP contribution in [-0.2, 0) is 22.7 Å². The van der Waals surface area contributed by atoms with Crippen molar-refractivity contribution in [2.24, 2.45) is 5.92 Å². The SMILES string of the molecule is N#CC(CC(=O)O)c1ccc(OCc2cccc(CN3CCC4SC=CC4C3=O)c2)cc1. The number of carbonyl (C=O) groups excluding carboxylic acids is 1. The van der Waals surface area contributed by atoms with Crippen molar-refractivity contribution in [1.29, 1.82) is 5.26 Å². The molecule has 7 heteroatoms. The molecule has 2 aliphatic rings. The normalized spacial score (nSPS) is 20.5. The Morgan fingerprint density at radius 3 is 2.78 bits per heavy atom. The first-order chi connectivity index (χ1) is 15.5. The number of carbonyl (C=O) groups is 2. The maximum atomic E-state index is 12.7. The Kier molecular flexibility index (Phi) is 6.81. The number of piperidine rings is 1. The van der Waals surface area contributed by atoms with Crippen molar-refractivity contribution >= 4 is 23.6 Å². The highest BCUT2D eigenvalue weighted by Gasteiger charge is 2.37. The monoisotopic (exact) mass is 448 g/mol. The number of amides is 1. The van der Waals surface area contributed by atoms with Crippen LogP contribution in [-0.4, -0.2) is 33.7 Å². The number of thioether (sulfide) groups is 1. The minimum atomic E-state index is -0.999. The van der Waals surface area contributed by atoms with Crippen LogP contribution in [0.25, 0.3) is 0 Å². The summed E-state index contributed by atoms with van der Waals surface area (Å²) in [4.78, 5) is 25.6. The Balaban J connectivity index is 1.34. The summed E-state index contributed by atoms with van der Waals surface area (Å²) in [6, 6.07) is 17.0. The molecule has 1 amide bonds. The Morgan fingerprint density at radius 2 is 2.03 bits per heavy atom. The molecule has 1 fully saturated rings. The van der Waals surface area contributed by atoms with Gasteiger partial charge in [0, 0.05) is 18.3 Å². The lowest BCUT2D eigenvalue weighted by atomic mass is 9.96. The second kappa shape index (κ2) is 9.92. The van der Waals surface area contributed by atoms with Gasteiger partial charge in [-0.15, -0.1) is 11.8 Å². The van der Waals surface area contributed by atoms with E-state index < -0.39 is 11.9 Å². The van der Waals surface area contributed by atoms with E-state index >= 15 is 0 Å². The van der Waals surface area contributed by atoms with Crippen molar-refractivity contribution in [2.75, 3.05) is 6.54 Å². The van der Waals surface area contributed by atoms with Gasteiger partial charge in [-0.05, 0) is 40.7 Å². The first-order valence-electron chi connectivity index (χ1n) is 10.6. The standard InChI is InChI=1S/C25H24N2O4S/c26-14-20(13-24(28)29)19-4-6-21(7-5-19)31-16-18-3-1-2-17(12-18)15-27-10-8-23-22(25(27)30)9-11-32-23/h1-7,9,11-12,20,22-23H,8,10,13,15-16H2,(H,28,29). The topological polar surface area (TPSA) is 90.6 Å². The van der Waals surface area contributed by atoms with Crippen molar-refractivity contribution in [3.05, 3.63) is 76.7 Å². The average Bonchev–Trinajstić information content (AvgIpc) is 3.28. The van der Waals surface area contributed by atoms with Crippen LogP contribution in [0, 0.1) is 17.2 Å². The molecule has 0 aromatic heterocycles. The van der Waals surface area contributed by atoms with Crippen molar-refractivity contribution < 1.29 is 19.4 Å². The summed E-state index contributed by atoms with van der Waals surface area (Å²) in [5.74, 6) is -0.804. The van der Waals surface area contributed by atoms with Gasteiger partial charge in [0.15, 0.2) is 0 Å². The molecule has 1 N–H and O–H groups in total. The zero-order chi connectivity index (χ0) is 22.5. The van der Waals surface area contributed by atoms with Crippen LogP contribution in [0.4, 0.5) is 0 Å². The lowest BCUT2D eigenvalue weighted by Crippen LogP contribution is -2.44. The summed E-state index contributed by atoms with van der Waals surface area (Å²) in [7, 11) is 0. The third kappa shape index (κ3) is 5.14. The molecule has 4 rings (SSSR count). The van der Waals surface area contributed by atoms with E-state index in [-0.39, 0.29) is 18.2 Å². The molecule has 2 aromatic rings. The van der Waals surface area contributed by atoms with Gasteiger partial charge in [0.1, 0.15) is 12.4 Å². The molecule has 0 saturated carbocycles. The average molecular weight is 449 g/mol. The van der Waals surface area contributed by atoms with E-state index in [1.165, 1.54) is 0 Å². The number of nitrogens with zero attached hydrogens (tertiary/aromatic N) is 2. The van der Waals surface area contributed by atoms with Gasteiger partial charge >= 0.3 is 5.97 Å². The van der Waals surface area contributed by atoms with E-state index in [0.717, 1.165) is 24.1 Å². The van der Waals surface area contributed by atoms with Gasteiger partial charge in [-0.1, -0.05) is 42.5 Å². The summed E-state index contributed by atoms with van der Waals surface area (Å²) < 4.78 is 5.87. The summed E-state index contributed by atoms with van der Waals surface area (Å²) in [5.41, 5.74) is 2.74. The maximum absolute atomic E-state index is 12.7. The second-order valence-electron chi connectivity index (χ2n) is 8.03. The van der Waals surface area contributed by atoms with E-state index in [9.17, 15) is 14.9 Å². The van der Waals surface area contributed by atoms with E-state index in [0.29, 0.717) is 29.7 Å². The Hall–Kier alpha value is -3.24. The third-order valence-electron chi connectivity index (χ3n) is 5.81. The summed E-state index contributed by atoms with van der Waals surface area (Å²) in [6.07, 6.45) is 2.82. The molecule has 0 spiro atoms. The first-order valence-corrected chi connectivity index (χ1v) is 11.5. The predicted molar refractivity (Wildman–Crippen MR) is 122 cm³/mol. The maximum Gasteiger partial charge on any atom is 0.305 e. The van der Waals surface area contributed by atoms with Gasteiger partial charge in [-0.25, -0.2) is 0 Å². The van der Waals surface area contributed by atoms with E-state index in [1.54, 1.807) is 36.0 Å². The lowest BCUT2D eigenvalue weighted by molar-refractivity contribution is -0.137. The minimum Gasteiger partial charge on any atom is -0.489 e. The van der Waals surface area contributed by atoms with Crippen LogP contribution in [0.15, 0.2) is 60.0 Å². The fourth-order valence-corrected chi connectivity index (χ4v) is 5.18. The minimum absolute atomic E-state index is 0.0133. The molecular weight excluding hydrogens is 424 g/mol. The molecule has 0 bridgehead atoms. The number of carboxylic acid groups (broad SMARTS) is 1. The zero-order valence-corrected chi connectivity index (χ0v) is 18.3. The van der Waals surface area contributed by atoms with Crippen LogP contribution in [0.3, 0.4) is 0 Å². The van der Waals surface area contributed by atoms with Gasteiger partial charge in [0.25, 0.3) is 0 Å². The number of hydrogen-bond donors (Lipinski definition) is 1. The first kappa shape index (κ1) is 22.0. The smallest absolute Gasteiger partial charge is 0.305 e. The number of ether oxygens (including phenoxy) is 1. The molecule has 2 heterocycles. The quantitative estimate of drug-likeness (QED) is 0.647. The number of likely N-dealkylation sites (tertiary alicyclic amines) is 1. The third-order valence-corrected chi connectivity index (χ3v) is 7.00. The number of rotatable bonds is 8. The van der Waals surface area contributed by atoms with Gasteiger partial charge in [0.2, 0.25) is 5.91 Å². The van der Waals surface area contributed by atoms with E-state index in [4.69, 9.17) is 9.84 Å². The zero-order valence-electron chi connectivity index (χ0n) is 17.5. The lowest BCUT2D eigenvalue weighted by Gasteiger charge is -2.33. The molecule has 0 radical (unpaired) electrons. The van der Waals surface area contributed by atoms with Gasteiger partial charge in [-0.2, -0.15) is 5.26 Å². The number of aliphatic carboxylic acids is 1. The van der Waals surface area contributed by atoms with Crippen molar-refractivity contribution in [1.82, 2.24) is 4.90 Å². The van der Waals surface area contributed by atoms with Gasteiger partial charge < -0.3 is 14.7 Å². The molecule has 1 saturated heterocycles. The van der Waals surface area contributed by atoms with Crippen molar-refractivity contribution in [2.45, 2.75) is 37.2 Å². The Bertz CT molecular complexity index is 1060. The Labute approximate surface area is 191 Å². The highest BCUT2D eigenvalue weighted by molar-refractivity contribution is 8.03. The van der Waals surface area contributed by atoms with Crippen molar-refractivity contribution in [3.63, 3.8) is 0 Å². The molecule has 0 aliphatic carbocycles. The Morgan fingerprint density at radius 1 is 1.25 bits per heavy atom. The highest BCUT2D eigenvalue weighted by atomic mass is 32.2. The fourth-order valence-electron chi connectivity index (χ4n) is 4.10. The number of carboxylic acids is 1. The molecule has 2 aromatic carbocycles. The fraction of sp³-hybridized carbons (Fsp3) is 0.320. The molecule has 164 valence electrons. The summed E-state index contributed by atoms with van der Waals surface area (Å²) >= 11 is 1.76. The number of hydrogen-bond acceptors (Lipinski definition) is 5. The molecule has 3 unspecified atom stereocenters.